The molecule has 0 radical (unpaired) electrons. The van der Waals surface area contributed by atoms with Crippen molar-refractivity contribution in [2.24, 2.45) is 0 Å². The highest BCUT2D eigenvalue weighted by molar-refractivity contribution is 5.70. The molecule has 0 bridgehead atoms. The molecule has 0 aliphatic carbocycles. The van der Waals surface area contributed by atoms with Gasteiger partial charge in [0.05, 0.1) is 6.61 Å². The van der Waals surface area contributed by atoms with Gasteiger partial charge in [0.15, 0.2) is 6.10 Å². The first kappa shape index (κ1) is 69.0. The van der Waals surface area contributed by atoms with Crippen molar-refractivity contribution >= 4 is 11.9 Å². The van der Waals surface area contributed by atoms with Crippen molar-refractivity contribution in [2.75, 3.05) is 13.2 Å². The van der Waals surface area contributed by atoms with Crippen LogP contribution in [0.2, 0.25) is 0 Å². The number of carbonyl (C=O) groups excluding carboxylic acids is 2. The van der Waals surface area contributed by atoms with Crippen LogP contribution in [0.1, 0.15) is 264 Å². The standard InChI is InChI=1S/C68H112O5/c1-3-5-7-9-11-13-15-17-19-21-23-24-25-26-27-28-29-30-31-32-33-34-35-36-37-38-39-40-41-42-43-44-45-47-49-51-53-55-57-59-61-63-68(71)73-66(64-69)65-72-67(70)62-60-58-56-54-52-50-48-46-22-20-18-16-14-12-10-8-6-4-2/h5,7,11,13,17,19,23-24,26-27,29-30,32-33,35-36,38-39,41-42,44-45,66,69H,3-4,6,8-10,12,14-16,18,20-22,25,28,31,34,37,40,43,46-65H2,1-2H3/b7-5-,13-11-,19-17-,24-23-,27-26-,30-29-,33-32-,36-35-,39-38-,42-41-,45-44-. The van der Waals surface area contributed by atoms with Crippen molar-refractivity contribution < 1.29 is 24.2 Å². The zero-order valence-corrected chi connectivity index (χ0v) is 47.4. The van der Waals surface area contributed by atoms with E-state index in [4.69, 9.17) is 9.47 Å². The van der Waals surface area contributed by atoms with Gasteiger partial charge >= 0.3 is 11.9 Å². The summed E-state index contributed by atoms with van der Waals surface area (Å²) in [6.45, 7) is 4.03. The molecule has 0 rings (SSSR count). The van der Waals surface area contributed by atoms with Crippen molar-refractivity contribution in [2.45, 2.75) is 270 Å². The number of hydrogen-bond acceptors (Lipinski definition) is 5. The van der Waals surface area contributed by atoms with Gasteiger partial charge < -0.3 is 14.6 Å². The van der Waals surface area contributed by atoms with Crippen molar-refractivity contribution in [1.29, 1.82) is 0 Å². The van der Waals surface area contributed by atoms with Gasteiger partial charge in [-0.3, -0.25) is 9.59 Å². The summed E-state index contributed by atoms with van der Waals surface area (Å²) in [4.78, 5) is 24.5. The molecule has 0 aliphatic heterocycles. The Morgan fingerprint density at radius 3 is 0.890 bits per heavy atom. The third kappa shape index (κ3) is 60.5. The number of esters is 2. The molecule has 0 saturated heterocycles. The second-order valence-corrected chi connectivity index (χ2v) is 19.7. The van der Waals surface area contributed by atoms with Crippen LogP contribution in [0.15, 0.2) is 134 Å². The summed E-state index contributed by atoms with van der Waals surface area (Å²) < 4.78 is 10.7. The Balaban J connectivity index is 3.61. The second kappa shape index (κ2) is 62.3. The molecule has 1 N–H and O–H groups in total. The molecule has 5 heteroatoms. The van der Waals surface area contributed by atoms with Crippen molar-refractivity contribution in [3.05, 3.63) is 134 Å². The number of aliphatic hydroxyl groups is 1. The average molecular weight is 1010 g/mol. The predicted molar refractivity (Wildman–Crippen MR) is 320 cm³/mol. The molecule has 0 spiro atoms. The number of ether oxygens (including phenoxy) is 2. The lowest BCUT2D eigenvalue weighted by atomic mass is 10.0. The molecule has 0 aromatic rings. The Morgan fingerprint density at radius 1 is 0.329 bits per heavy atom. The van der Waals surface area contributed by atoms with Crippen LogP contribution >= 0.6 is 0 Å². The van der Waals surface area contributed by atoms with Crippen LogP contribution in [0.4, 0.5) is 0 Å². The highest BCUT2D eigenvalue weighted by Gasteiger charge is 2.16. The molecule has 0 aliphatic rings. The Hall–Kier alpha value is -3.96. The third-order valence-electron chi connectivity index (χ3n) is 12.7. The summed E-state index contributed by atoms with van der Waals surface area (Å²) in [6, 6.07) is 0. The molecular weight excluding hydrogens is 897 g/mol. The highest BCUT2D eigenvalue weighted by atomic mass is 16.6. The number of hydrogen-bond donors (Lipinski definition) is 1. The molecule has 0 saturated carbocycles. The molecule has 73 heavy (non-hydrogen) atoms. The minimum atomic E-state index is -0.785. The number of rotatable bonds is 54. The fraction of sp³-hybridized carbons (Fsp3) is 0.647. The summed E-state index contributed by atoms with van der Waals surface area (Å²) in [5, 5.41) is 9.65. The van der Waals surface area contributed by atoms with Crippen LogP contribution in [0, 0.1) is 0 Å². The normalized spacial score (nSPS) is 13.2. The molecule has 0 fully saturated rings. The number of carbonyl (C=O) groups is 2. The van der Waals surface area contributed by atoms with E-state index in [1.807, 2.05) is 0 Å². The lowest BCUT2D eigenvalue weighted by molar-refractivity contribution is -0.161. The summed E-state index contributed by atoms with van der Waals surface area (Å²) in [7, 11) is 0. The van der Waals surface area contributed by atoms with Gasteiger partial charge in [-0.25, -0.2) is 0 Å². The smallest absolute Gasteiger partial charge is 0.306 e. The van der Waals surface area contributed by atoms with Gasteiger partial charge in [-0.2, -0.15) is 0 Å². The number of unbranched alkanes of at least 4 members (excludes halogenated alkanes) is 24. The maximum absolute atomic E-state index is 12.3. The van der Waals surface area contributed by atoms with E-state index >= 15 is 0 Å². The summed E-state index contributed by atoms with van der Waals surface area (Å²) in [6.07, 6.45) is 92.9. The zero-order valence-electron chi connectivity index (χ0n) is 47.4. The van der Waals surface area contributed by atoms with Gasteiger partial charge in [0, 0.05) is 12.8 Å². The van der Waals surface area contributed by atoms with E-state index < -0.39 is 6.10 Å². The highest BCUT2D eigenvalue weighted by Crippen LogP contribution is 2.16. The van der Waals surface area contributed by atoms with Gasteiger partial charge in [0.2, 0.25) is 0 Å². The maximum atomic E-state index is 12.3. The predicted octanol–water partition coefficient (Wildman–Crippen LogP) is 20.8. The molecule has 0 aromatic heterocycles. The fourth-order valence-corrected chi connectivity index (χ4v) is 8.21. The third-order valence-corrected chi connectivity index (χ3v) is 12.7. The molecule has 1 atom stereocenters. The molecular formula is C68H112O5. The molecule has 0 aromatic carbocycles. The molecule has 5 nitrogen and oxygen atoms in total. The average Bonchev–Trinajstić information content (AvgIpc) is 3.39. The van der Waals surface area contributed by atoms with E-state index in [2.05, 4.69) is 148 Å². The first-order chi connectivity index (χ1) is 36.1. The van der Waals surface area contributed by atoms with E-state index in [1.54, 1.807) is 0 Å². The lowest BCUT2D eigenvalue weighted by Gasteiger charge is -2.15. The summed E-state index contributed by atoms with van der Waals surface area (Å²) in [5.74, 6) is -0.602. The zero-order chi connectivity index (χ0) is 52.7. The second-order valence-electron chi connectivity index (χ2n) is 19.7. The maximum Gasteiger partial charge on any atom is 0.306 e. The molecule has 0 heterocycles. The minimum Gasteiger partial charge on any atom is -0.462 e. The van der Waals surface area contributed by atoms with Crippen molar-refractivity contribution in [1.82, 2.24) is 0 Å². The number of allylic oxidation sites excluding steroid dienone is 22. The summed E-state index contributed by atoms with van der Waals surface area (Å²) in [5.41, 5.74) is 0. The van der Waals surface area contributed by atoms with Crippen LogP contribution in [0.3, 0.4) is 0 Å². The quantitative estimate of drug-likeness (QED) is 0.0373. The first-order valence-electron chi connectivity index (χ1n) is 30.2. The Bertz CT molecular complexity index is 1520. The van der Waals surface area contributed by atoms with E-state index in [-0.39, 0.29) is 25.2 Å². The van der Waals surface area contributed by atoms with Crippen LogP contribution in [0.25, 0.3) is 0 Å². The van der Waals surface area contributed by atoms with Gasteiger partial charge in [-0.15, -0.1) is 0 Å². The van der Waals surface area contributed by atoms with E-state index in [9.17, 15) is 14.7 Å². The van der Waals surface area contributed by atoms with Crippen molar-refractivity contribution in [3.63, 3.8) is 0 Å². The molecule has 414 valence electrons. The van der Waals surface area contributed by atoms with Crippen LogP contribution < -0.4 is 0 Å². The largest absolute Gasteiger partial charge is 0.462 e. The SMILES string of the molecule is CC/C=C\C/C=C\C/C=C\C/C=C\C/C=C\C/C=C\C/C=C\C/C=C\C/C=C\C/C=C\C/C=C\CCCCCCCCCC(=O)OC(CO)COC(=O)CCCCCCCCCCCCCCCCCCCC. The van der Waals surface area contributed by atoms with E-state index in [0.29, 0.717) is 12.8 Å². The van der Waals surface area contributed by atoms with Gasteiger partial charge in [-0.1, -0.05) is 289 Å². The monoisotopic (exact) mass is 1010 g/mol. The topological polar surface area (TPSA) is 72.8 Å². The van der Waals surface area contributed by atoms with E-state index in [1.165, 1.54) is 122 Å². The Kier molecular flexibility index (Phi) is 59.0. The van der Waals surface area contributed by atoms with Crippen LogP contribution in [0.5, 0.6) is 0 Å². The van der Waals surface area contributed by atoms with Gasteiger partial charge in [0.25, 0.3) is 0 Å². The lowest BCUT2D eigenvalue weighted by Crippen LogP contribution is -2.28. The minimum absolute atomic E-state index is 0.0740. The number of aliphatic hydroxyl groups excluding tert-OH is 1. The molecule has 1 unspecified atom stereocenters. The fourth-order valence-electron chi connectivity index (χ4n) is 8.21. The Morgan fingerprint density at radius 2 is 0.589 bits per heavy atom. The van der Waals surface area contributed by atoms with Crippen molar-refractivity contribution in [3.8, 4) is 0 Å². The van der Waals surface area contributed by atoms with Gasteiger partial charge in [-0.05, 0) is 96.3 Å². The Labute approximate surface area is 451 Å². The van der Waals surface area contributed by atoms with Crippen LogP contribution in [-0.4, -0.2) is 36.4 Å². The van der Waals surface area contributed by atoms with E-state index in [0.717, 1.165) is 116 Å². The molecule has 0 amide bonds. The first-order valence-corrected chi connectivity index (χ1v) is 30.2. The van der Waals surface area contributed by atoms with Crippen LogP contribution in [-0.2, 0) is 19.1 Å². The van der Waals surface area contributed by atoms with Gasteiger partial charge in [0.1, 0.15) is 6.61 Å². The summed E-state index contributed by atoms with van der Waals surface area (Å²) >= 11 is 0.